The summed E-state index contributed by atoms with van der Waals surface area (Å²) in [6, 6.07) is 4.28. The molecule has 8 nitrogen and oxygen atoms in total. The number of carbonyl (C=O) groups excluding carboxylic acids is 2. The summed E-state index contributed by atoms with van der Waals surface area (Å²) in [6.45, 7) is 3.15. The minimum Gasteiger partial charge on any atom is -0.495 e. The Labute approximate surface area is 165 Å². The molecular formula is C16H17ClN2O6S2. The van der Waals surface area contributed by atoms with Crippen LogP contribution < -0.4 is 15.2 Å². The van der Waals surface area contributed by atoms with Gasteiger partial charge in [0.25, 0.3) is 5.91 Å². The van der Waals surface area contributed by atoms with Crippen molar-refractivity contribution in [1.82, 2.24) is 0 Å². The highest BCUT2D eigenvalue weighted by Crippen LogP contribution is 2.31. The molecule has 3 N–H and O–H groups in total. The van der Waals surface area contributed by atoms with Gasteiger partial charge in [-0.05, 0) is 31.5 Å². The first-order valence-electron chi connectivity index (χ1n) is 7.50. The quantitative estimate of drug-likeness (QED) is 0.676. The second-order valence-corrected chi connectivity index (χ2v) is 8.64. The Morgan fingerprint density at radius 3 is 2.52 bits per heavy atom. The minimum atomic E-state index is -3.91. The van der Waals surface area contributed by atoms with Crippen molar-refractivity contribution < 1.29 is 27.5 Å². The molecule has 2 aromatic rings. The van der Waals surface area contributed by atoms with Gasteiger partial charge < -0.3 is 14.8 Å². The summed E-state index contributed by atoms with van der Waals surface area (Å²) < 4.78 is 32.6. The summed E-state index contributed by atoms with van der Waals surface area (Å²) in [6.07, 6.45) is -1.14. The second-order valence-electron chi connectivity index (χ2n) is 5.54. The minimum absolute atomic E-state index is 0.0106. The SMILES string of the molecule is COc1cc(Cl)c(C)cc1NC(=O)C(C)OC(=O)c1csc(S(N)(=O)=O)c1. The number of thiophene rings is 1. The molecule has 1 aromatic carbocycles. The van der Waals surface area contributed by atoms with Crippen LogP contribution in [0, 0.1) is 6.92 Å². The van der Waals surface area contributed by atoms with Gasteiger partial charge in [0.1, 0.15) is 9.96 Å². The predicted octanol–water partition coefficient (Wildman–Crippen LogP) is 2.55. The molecule has 0 aliphatic rings. The van der Waals surface area contributed by atoms with Crippen molar-refractivity contribution in [3.63, 3.8) is 0 Å². The van der Waals surface area contributed by atoms with Crippen molar-refractivity contribution in [3.8, 4) is 5.75 Å². The number of nitrogens with one attached hydrogen (secondary N) is 1. The maximum Gasteiger partial charge on any atom is 0.339 e. The Morgan fingerprint density at radius 2 is 1.96 bits per heavy atom. The van der Waals surface area contributed by atoms with Crippen LogP contribution in [0.1, 0.15) is 22.8 Å². The molecule has 1 aromatic heterocycles. The highest BCUT2D eigenvalue weighted by Gasteiger charge is 2.22. The fourth-order valence-electron chi connectivity index (χ4n) is 2.02. The van der Waals surface area contributed by atoms with Crippen LogP contribution >= 0.6 is 22.9 Å². The van der Waals surface area contributed by atoms with E-state index < -0.39 is 28.0 Å². The molecule has 0 aliphatic heterocycles. The summed E-state index contributed by atoms with van der Waals surface area (Å²) in [4.78, 5) is 24.4. The molecule has 0 saturated carbocycles. The van der Waals surface area contributed by atoms with Gasteiger partial charge in [-0.15, -0.1) is 11.3 Å². The largest absolute Gasteiger partial charge is 0.495 e. The fourth-order valence-corrected chi connectivity index (χ4v) is 3.75. The number of ether oxygens (including phenoxy) is 2. The average Bonchev–Trinajstić information content (AvgIpc) is 3.08. The van der Waals surface area contributed by atoms with Gasteiger partial charge in [-0.2, -0.15) is 0 Å². The van der Waals surface area contributed by atoms with Crippen molar-refractivity contribution in [2.24, 2.45) is 5.14 Å². The molecule has 0 fully saturated rings. The number of esters is 1. The Bertz CT molecular complexity index is 987. The Kier molecular flexibility index (Phi) is 6.47. The summed E-state index contributed by atoms with van der Waals surface area (Å²) in [5.41, 5.74) is 1.09. The number of benzene rings is 1. The van der Waals surface area contributed by atoms with Crippen molar-refractivity contribution in [2.75, 3.05) is 12.4 Å². The smallest absolute Gasteiger partial charge is 0.339 e. The lowest BCUT2D eigenvalue weighted by Gasteiger charge is -2.16. The lowest BCUT2D eigenvalue weighted by molar-refractivity contribution is -0.123. The maximum atomic E-state index is 12.3. The van der Waals surface area contributed by atoms with Gasteiger partial charge in [-0.25, -0.2) is 18.4 Å². The van der Waals surface area contributed by atoms with E-state index in [0.29, 0.717) is 16.5 Å². The normalized spacial score (nSPS) is 12.3. The molecule has 1 heterocycles. The van der Waals surface area contributed by atoms with E-state index in [2.05, 4.69) is 5.32 Å². The Morgan fingerprint density at radius 1 is 1.30 bits per heavy atom. The summed E-state index contributed by atoms with van der Waals surface area (Å²) in [5, 5.41) is 9.37. The number of hydrogen-bond acceptors (Lipinski definition) is 7. The monoisotopic (exact) mass is 432 g/mol. The lowest BCUT2D eigenvalue weighted by Crippen LogP contribution is -2.30. The van der Waals surface area contributed by atoms with Crippen LogP contribution in [-0.2, 0) is 19.6 Å². The molecule has 0 spiro atoms. The number of sulfonamides is 1. The van der Waals surface area contributed by atoms with Crippen molar-refractivity contribution in [1.29, 1.82) is 0 Å². The first-order chi connectivity index (χ1) is 12.5. The standard InChI is InChI=1S/C16H17ClN2O6S2/c1-8-4-12(13(24-3)6-11(8)17)19-15(20)9(2)25-16(21)10-5-14(26-7-10)27(18,22)23/h4-7,9H,1-3H3,(H,19,20)(H2,18,22,23). The number of primary sulfonamides is 1. The van der Waals surface area contributed by atoms with E-state index in [-0.39, 0.29) is 9.77 Å². The van der Waals surface area contributed by atoms with Crippen LogP contribution in [0.3, 0.4) is 0 Å². The topological polar surface area (TPSA) is 125 Å². The number of rotatable bonds is 6. The first-order valence-corrected chi connectivity index (χ1v) is 10.3. The van der Waals surface area contributed by atoms with E-state index in [1.165, 1.54) is 19.4 Å². The van der Waals surface area contributed by atoms with Gasteiger partial charge in [0, 0.05) is 16.5 Å². The van der Waals surface area contributed by atoms with E-state index >= 15 is 0 Å². The molecule has 0 aliphatic carbocycles. The van der Waals surface area contributed by atoms with Gasteiger partial charge in [0.05, 0.1) is 18.4 Å². The molecule has 11 heteroatoms. The molecule has 27 heavy (non-hydrogen) atoms. The molecule has 0 radical (unpaired) electrons. The lowest BCUT2D eigenvalue weighted by atomic mass is 10.2. The third kappa shape index (κ3) is 5.19. The summed E-state index contributed by atoms with van der Waals surface area (Å²) in [7, 11) is -2.48. The van der Waals surface area contributed by atoms with Crippen LogP contribution in [0.5, 0.6) is 5.75 Å². The van der Waals surface area contributed by atoms with E-state index in [4.69, 9.17) is 26.2 Å². The highest BCUT2D eigenvalue weighted by molar-refractivity contribution is 7.91. The Balaban J connectivity index is 2.09. The van der Waals surface area contributed by atoms with Gasteiger partial charge in [-0.1, -0.05) is 11.6 Å². The van der Waals surface area contributed by atoms with Crippen LogP contribution in [0.25, 0.3) is 0 Å². The van der Waals surface area contributed by atoms with Crippen LogP contribution in [0.15, 0.2) is 27.8 Å². The third-order valence-electron chi connectivity index (χ3n) is 3.48. The number of methoxy groups -OCH3 is 1. The molecule has 1 amide bonds. The third-order valence-corrected chi connectivity index (χ3v) is 6.28. The number of anilines is 1. The molecule has 0 saturated heterocycles. The molecule has 1 atom stereocenters. The highest BCUT2D eigenvalue weighted by atomic mass is 35.5. The first kappa shape index (κ1) is 21.2. The van der Waals surface area contributed by atoms with Crippen LogP contribution in [0.2, 0.25) is 5.02 Å². The summed E-state index contributed by atoms with van der Waals surface area (Å²) >= 11 is 6.81. The molecule has 0 bridgehead atoms. The number of carbonyl (C=O) groups is 2. The van der Waals surface area contributed by atoms with E-state index in [1.54, 1.807) is 19.1 Å². The number of hydrogen-bond donors (Lipinski definition) is 2. The zero-order valence-corrected chi connectivity index (χ0v) is 17.0. The van der Waals surface area contributed by atoms with Crippen LogP contribution in [-0.4, -0.2) is 33.5 Å². The Hall–Kier alpha value is -2.14. The summed E-state index contributed by atoms with van der Waals surface area (Å²) in [5.74, 6) is -1.08. The zero-order chi connectivity index (χ0) is 20.4. The van der Waals surface area contributed by atoms with Gasteiger partial charge in [0.15, 0.2) is 6.10 Å². The van der Waals surface area contributed by atoms with Crippen molar-refractivity contribution in [2.45, 2.75) is 24.2 Å². The predicted molar refractivity (Wildman–Crippen MR) is 102 cm³/mol. The van der Waals surface area contributed by atoms with Crippen molar-refractivity contribution >= 4 is 50.5 Å². The molecule has 1 unspecified atom stereocenters. The van der Waals surface area contributed by atoms with Gasteiger partial charge in [0.2, 0.25) is 10.0 Å². The average molecular weight is 433 g/mol. The molecule has 2 rings (SSSR count). The van der Waals surface area contributed by atoms with E-state index in [0.717, 1.165) is 23.0 Å². The number of amides is 1. The molecular weight excluding hydrogens is 416 g/mol. The number of halogens is 1. The second kappa shape index (κ2) is 8.26. The van der Waals surface area contributed by atoms with E-state index in [1.807, 2.05) is 0 Å². The van der Waals surface area contributed by atoms with Gasteiger partial charge in [-0.3, -0.25) is 4.79 Å². The maximum absolute atomic E-state index is 12.3. The number of nitrogens with two attached hydrogens (primary N) is 1. The van der Waals surface area contributed by atoms with Crippen molar-refractivity contribution in [3.05, 3.63) is 39.7 Å². The molecule has 146 valence electrons. The fraction of sp³-hybridized carbons (Fsp3) is 0.250. The van der Waals surface area contributed by atoms with Gasteiger partial charge >= 0.3 is 5.97 Å². The zero-order valence-electron chi connectivity index (χ0n) is 14.6. The van der Waals surface area contributed by atoms with Crippen LogP contribution in [0.4, 0.5) is 5.69 Å². The van der Waals surface area contributed by atoms with E-state index in [9.17, 15) is 18.0 Å². The number of aryl methyl sites for hydroxylation is 1.